The molecule has 0 radical (unpaired) electrons. The van der Waals surface area contributed by atoms with E-state index in [9.17, 15) is 9.59 Å². The van der Waals surface area contributed by atoms with Crippen LogP contribution >= 0.6 is 0 Å². The third-order valence-electron chi connectivity index (χ3n) is 1.79. The third kappa shape index (κ3) is 12.8. The van der Waals surface area contributed by atoms with Crippen molar-refractivity contribution in [2.24, 2.45) is 0 Å². The van der Waals surface area contributed by atoms with E-state index in [-0.39, 0.29) is 31.1 Å². The molecule has 0 aliphatic carbocycles. The molecule has 1 amide bonds. The van der Waals surface area contributed by atoms with Crippen molar-refractivity contribution in [1.82, 2.24) is 5.32 Å². The minimum Gasteiger partial charge on any atom is -0.377 e. The number of amides is 1. The van der Waals surface area contributed by atoms with Crippen LogP contribution in [0.3, 0.4) is 0 Å². The second kappa shape index (κ2) is 13.8. The van der Waals surface area contributed by atoms with Crippen LogP contribution in [0.2, 0.25) is 0 Å². The zero-order chi connectivity index (χ0) is 12.8. The van der Waals surface area contributed by atoms with E-state index in [4.69, 9.17) is 4.79 Å². The molecule has 16 heavy (non-hydrogen) atoms. The van der Waals surface area contributed by atoms with Crippen molar-refractivity contribution in [3.63, 3.8) is 0 Å². The predicted molar refractivity (Wildman–Crippen MR) is 61.2 cm³/mol. The van der Waals surface area contributed by atoms with Gasteiger partial charge in [-0.3, -0.25) is 9.59 Å². The Balaban J connectivity index is 0. The molecule has 1 N–H and O–H groups in total. The first kappa shape index (κ1) is 17.2. The number of nitrogens with one attached hydrogen (secondary N) is 1. The average Bonchev–Trinajstić information content (AvgIpc) is 2.30. The molecule has 0 aliphatic rings. The van der Waals surface area contributed by atoms with Crippen LogP contribution in [-0.2, 0) is 19.1 Å². The van der Waals surface area contributed by atoms with Crippen molar-refractivity contribution in [1.29, 1.82) is 0 Å². The van der Waals surface area contributed by atoms with Crippen molar-refractivity contribution >= 4 is 18.5 Å². The highest BCUT2D eigenvalue weighted by atomic mass is 16.5. The summed E-state index contributed by atoms with van der Waals surface area (Å²) in [4.78, 5) is 30.1. The van der Waals surface area contributed by atoms with Gasteiger partial charge in [0.25, 0.3) is 0 Å². The maximum absolute atomic E-state index is 11.1. The zero-order valence-electron chi connectivity index (χ0n) is 10.1. The number of unbranched alkanes of at least 4 members (excludes halogenated alkanes) is 1. The smallest absolute Gasteiger partial charge is 0.220 e. The molecule has 0 fully saturated rings. The first-order valence-corrected chi connectivity index (χ1v) is 5.27. The molecule has 0 unspecified atom stereocenters. The van der Waals surface area contributed by atoms with Gasteiger partial charge >= 0.3 is 0 Å². The first-order chi connectivity index (χ1) is 7.70. The van der Waals surface area contributed by atoms with Crippen LogP contribution in [0.1, 0.15) is 32.6 Å². The lowest BCUT2D eigenvalue weighted by atomic mass is 10.2. The largest absolute Gasteiger partial charge is 0.377 e. The summed E-state index contributed by atoms with van der Waals surface area (Å²) in [6.07, 6.45) is 2.58. The highest BCUT2D eigenvalue weighted by Gasteiger charge is 2.05. The molecule has 0 aliphatic heterocycles. The molecule has 0 bridgehead atoms. The Morgan fingerprint density at radius 2 is 1.88 bits per heavy atom. The van der Waals surface area contributed by atoms with Gasteiger partial charge in [0.1, 0.15) is 13.4 Å². The summed E-state index contributed by atoms with van der Waals surface area (Å²) in [5.41, 5.74) is 0. The number of methoxy groups -OCH3 is 1. The minimum atomic E-state index is -0.0529. The molecule has 5 nitrogen and oxygen atoms in total. The Kier molecular flexibility index (Phi) is 14.8. The van der Waals surface area contributed by atoms with E-state index in [0.29, 0.717) is 6.54 Å². The van der Waals surface area contributed by atoms with Crippen molar-refractivity contribution in [2.75, 3.05) is 20.3 Å². The Labute approximate surface area is 96.5 Å². The molecule has 0 heterocycles. The number of carbonyl (C=O) groups excluding carboxylic acids is 3. The van der Waals surface area contributed by atoms with Crippen molar-refractivity contribution in [2.45, 2.75) is 32.6 Å². The van der Waals surface area contributed by atoms with Gasteiger partial charge in [-0.25, -0.2) is 0 Å². The van der Waals surface area contributed by atoms with Gasteiger partial charge in [-0.2, -0.15) is 0 Å². The van der Waals surface area contributed by atoms with Gasteiger partial charge in [0.15, 0.2) is 5.78 Å². The summed E-state index contributed by atoms with van der Waals surface area (Å²) in [5, 5.41) is 2.75. The molecule has 0 aromatic carbocycles. The van der Waals surface area contributed by atoms with Crippen LogP contribution in [0, 0.1) is 0 Å². The molecule has 0 atom stereocenters. The summed E-state index contributed by atoms with van der Waals surface area (Å²) >= 11 is 0. The Hall–Kier alpha value is -1.23. The van der Waals surface area contributed by atoms with Crippen LogP contribution in [0.15, 0.2) is 0 Å². The van der Waals surface area contributed by atoms with Crippen LogP contribution in [0.25, 0.3) is 0 Å². The molecular weight excluding hydrogens is 210 g/mol. The quantitative estimate of drug-likeness (QED) is 0.624. The predicted octanol–water partition coefficient (Wildman–Crippen LogP) is 0.713. The Morgan fingerprint density at radius 1 is 1.25 bits per heavy atom. The van der Waals surface area contributed by atoms with Crippen molar-refractivity contribution in [3.8, 4) is 0 Å². The first-order valence-electron chi connectivity index (χ1n) is 5.27. The van der Waals surface area contributed by atoms with E-state index >= 15 is 0 Å². The number of hydrogen-bond donors (Lipinski definition) is 1. The number of ketones is 1. The van der Waals surface area contributed by atoms with Gasteiger partial charge in [0.2, 0.25) is 5.91 Å². The summed E-state index contributed by atoms with van der Waals surface area (Å²) in [6.45, 7) is 4.87. The molecule has 0 aromatic rings. The van der Waals surface area contributed by atoms with E-state index < -0.39 is 0 Å². The molecule has 94 valence electrons. The molecule has 0 saturated carbocycles. The van der Waals surface area contributed by atoms with Gasteiger partial charge in [0.05, 0.1) is 0 Å². The van der Waals surface area contributed by atoms with Gasteiger partial charge < -0.3 is 14.8 Å². The summed E-state index contributed by atoms with van der Waals surface area (Å²) in [6, 6.07) is 0. The second-order valence-electron chi connectivity index (χ2n) is 3.18. The second-order valence-corrected chi connectivity index (χ2v) is 3.18. The van der Waals surface area contributed by atoms with Crippen molar-refractivity contribution in [3.05, 3.63) is 0 Å². The van der Waals surface area contributed by atoms with Gasteiger partial charge in [-0.1, -0.05) is 13.3 Å². The van der Waals surface area contributed by atoms with Crippen LogP contribution < -0.4 is 5.32 Å². The minimum absolute atomic E-state index is 0.0295. The van der Waals surface area contributed by atoms with E-state index in [1.807, 2.05) is 6.79 Å². The summed E-state index contributed by atoms with van der Waals surface area (Å²) < 4.78 is 4.65. The molecular formula is C11H21NO4. The SMILES string of the molecule is C=O.CCCCNC(=O)CCC(=O)COC. The number of ether oxygens (including phenoxy) is 1. The summed E-state index contributed by atoms with van der Waals surface area (Å²) in [5.74, 6) is -0.0824. The lowest BCUT2D eigenvalue weighted by Crippen LogP contribution is -2.25. The monoisotopic (exact) mass is 231 g/mol. The highest BCUT2D eigenvalue weighted by molar-refractivity contribution is 5.85. The topological polar surface area (TPSA) is 72.5 Å². The van der Waals surface area contributed by atoms with Gasteiger partial charge in [-0.05, 0) is 6.42 Å². The standard InChI is InChI=1S/C10H19NO3.CH2O/c1-3-4-7-11-10(13)6-5-9(12)8-14-2;1-2/h3-8H2,1-2H3,(H,11,13);1H2. The van der Waals surface area contributed by atoms with Crippen LogP contribution in [0.5, 0.6) is 0 Å². The molecule has 0 spiro atoms. The van der Waals surface area contributed by atoms with E-state index in [1.165, 1.54) is 7.11 Å². The maximum Gasteiger partial charge on any atom is 0.220 e. The van der Waals surface area contributed by atoms with Crippen LogP contribution in [0.4, 0.5) is 0 Å². The lowest BCUT2D eigenvalue weighted by molar-refractivity contribution is -0.127. The normalized spacial score (nSPS) is 8.88. The maximum atomic E-state index is 11.1. The fourth-order valence-corrected chi connectivity index (χ4v) is 0.979. The Morgan fingerprint density at radius 3 is 2.38 bits per heavy atom. The average molecular weight is 231 g/mol. The molecule has 5 heteroatoms. The van der Waals surface area contributed by atoms with Gasteiger partial charge in [-0.15, -0.1) is 0 Å². The van der Waals surface area contributed by atoms with Crippen molar-refractivity contribution < 1.29 is 19.1 Å². The van der Waals surface area contributed by atoms with E-state index in [2.05, 4.69) is 17.0 Å². The zero-order valence-corrected chi connectivity index (χ0v) is 10.1. The number of hydrogen-bond acceptors (Lipinski definition) is 4. The van der Waals surface area contributed by atoms with Gasteiger partial charge in [0, 0.05) is 26.5 Å². The lowest BCUT2D eigenvalue weighted by Gasteiger charge is -2.03. The fraction of sp³-hybridized carbons (Fsp3) is 0.727. The molecule has 0 aromatic heterocycles. The number of Topliss-reactive ketones (excluding diaryl/α,β-unsaturated/α-hetero) is 1. The van der Waals surface area contributed by atoms with E-state index in [0.717, 1.165) is 12.8 Å². The number of carbonyl (C=O) groups is 3. The fourth-order valence-electron chi connectivity index (χ4n) is 0.979. The Bertz CT molecular complexity index is 194. The highest BCUT2D eigenvalue weighted by Crippen LogP contribution is 1.92. The molecule has 0 rings (SSSR count). The molecule has 0 saturated heterocycles. The van der Waals surface area contributed by atoms with Crippen LogP contribution in [-0.4, -0.2) is 38.7 Å². The summed E-state index contributed by atoms with van der Waals surface area (Å²) in [7, 11) is 1.47. The number of rotatable bonds is 8. The van der Waals surface area contributed by atoms with E-state index in [1.54, 1.807) is 0 Å². The third-order valence-corrected chi connectivity index (χ3v) is 1.79.